The third-order valence-electron chi connectivity index (χ3n) is 5.93. The average molecular weight is 568 g/mol. The van der Waals surface area contributed by atoms with Gasteiger partial charge >= 0.3 is 24.2 Å². The quantitative estimate of drug-likeness (QED) is 0.153. The van der Waals surface area contributed by atoms with Gasteiger partial charge in [-0.2, -0.15) is 0 Å². The molecular weight excluding hydrogens is 522 g/mol. The summed E-state index contributed by atoms with van der Waals surface area (Å²) in [5.41, 5.74) is 6.54. The van der Waals surface area contributed by atoms with Crippen LogP contribution in [-0.2, 0) is 35.0 Å². The van der Waals surface area contributed by atoms with E-state index in [-0.39, 0.29) is 48.6 Å². The number of carbonyl (C=O) groups is 4. The highest BCUT2D eigenvalue weighted by Gasteiger charge is 2.23. The van der Waals surface area contributed by atoms with E-state index in [1.165, 1.54) is 12.1 Å². The highest BCUT2D eigenvalue weighted by molar-refractivity contribution is 5.76. The first kappa shape index (κ1) is 34.7. The van der Waals surface area contributed by atoms with E-state index in [4.69, 9.17) is 34.2 Å². The Morgan fingerprint density at radius 1 is 0.750 bits per heavy atom. The molecule has 11 nitrogen and oxygen atoms in total. The molecule has 0 aliphatic carbocycles. The van der Waals surface area contributed by atoms with Crippen molar-refractivity contribution in [3.8, 4) is 11.5 Å². The third kappa shape index (κ3) is 13.1. The first-order chi connectivity index (χ1) is 18.9. The first-order valence-corrected chi connectivity index (χ1v) is 13.9. The molecule has 40 heavy (non-hydrogen) atoms. The lowest BCUT2D eigenvalue weighted by molar-refractivity contribution is -0.161. The lowest BCUT2D eigenvalue weighted by Gasteiger charge is -2.18. The van der Waals surface area contributed by atoms with Crippen molar-refractivity contribution in [2.45, 2.75) is 111 Å². The molecule has 0 saturated carbocycles. The maximum absolute atomic E-state index is 12.5. The van der Waals surface area contributed by atoms with E-state index in [9.17, 15) is 19.2 Å². The Hall–Kier alpha value is -3.34. The van der Waals surface area contributed by atoms with Crippen LogP contribution in [0.5, 0.6) is 11.5 Å². The third-order valence-corrected chi connectivity index (χ3v) is 5.93. The van der Waals surface area contributed by atoms with Gasteiger partial charge in [0.05, 0.1) is 5.92 Å². The van der Waals surface area contributed by atoms with Gasteiger partial charge in [-0.15, -0.1) is 0 Å². The minimum absolute atomic E-state index is 0.0236. The molecular formula is C29H45NO10. The van der Waals surface area contributed by atoms with Gasteiger partial charge in [-0.05, 0) is 64.2 Å². The van der Waals surface area contributed by atoms with Crippen LogP contribution in [0.2, 0.25) is 0 Å². The molecule has 1 aromatic rings. The molecule has 1 aromatic carbocycles. The second-order valence-electron chi connectivity index (χ2n) is 9.92. The van der Waals surface area contributed by atoms with Gasteiger partial charge in [0.25, 0.3) is 0 Å². The van der Waals surface area contributed by atoms with E-state index in [0.717, 1.165) is 12.8 Å². The number of benzene rings is 1. The van der Waals surface area contributed by atoms with Crippen LogP contribution in [-0.4, -0.2) is 55.2 Å². The van der Waals surface area contributed by atoms with Crippen molar-refractivity contribution in [3.63, 3.8) is 0 Å². The fourth-order valence-corrected chi connectivity index (χ4v) is 3.49. The van der Waals surface area contributed by atoms with Crippen molar-refractivity contribution < 1.29 is 47.6 Å². The Morgan fingerprint density at radius 3 is 1.82 bits per heavy atom. The van der Waals surface area contributed by atoms with Gasteiger partial charge in [0.15, 0.2) is 11.5 Å². The summed E-state index contributed by atoms with van der Waals surface area (Å²) in [6.07, 6.45) is 0.322. The van der Waals surface area contributed by atoms with Crippen LogP contribution < -0.4 is 15.2 Å². The van der Waals surface area contributed by atoms with Gasteiger partial charge in [0, 0.05) is 0 Å². The van der Waals surface area contributed by atoms with Crippen LogP contribution in [0.15, 0.2) is 18.2 Å². The van der Waals surface area contributed by atoms with E-state index < -0.39 is 30.4 Å². The molecule has 2 N–H and O–H groups in total. The van der Waals surface area contributed by atoms with Crippen molar-refractivity contribution in [3.05, 3.63) is 23.8 Å². The minimum atomic E-state index is -1.06. The van der Waals surface area contributed by atoms with Crippen molar-refractivity contribution in [2.75, 3.05) is 6.61 Å². The first-order valence-electron chi connectivity index (χ1n) is 13.9. The molecule has 0 bridgehead atoms. The molecule has 0 radical (unpaired) electrons. The summed E-state index contributed by atoms with van der Waals surface area (Å²) >= 11 is 0. The summed E-state index contributed by atoms with van der Waals surface area (Å²) in [6.45, 7) is 12.5. The van der Waals surface area contributed by atoms with E-state index in [2.05, 4.69) is 0 Å². The minimum Gasteiger partial charge on any atom is -0.461 e. The van der Waals surface area contributed by atoms with Crippen molar-refractivity contribution >= 4 is 24.2 Å². The van der Waals surface area contributed by atoms with Crippen molar-refractivity contribution in [2.24, 2.45) is 11.7 Å². The van der Waals surface area contributed by atoms with Crippen molar-refractivity contribution in [1.82, 2.24) is 0 Å². The number of hydrogen-bond donors (Lipinski definition) is 1. The highest BCUT2D eigenvalue weighted by Crippen LogP contribution is 2.30. The number of ether oxygens (including phenoxy) is 6. The Bertz CT molecular complexity index is 966. The summed E-state index contributed by atoms with van der Waals surface area (Å²) < 4.78 is 31.6. The predicted molar refractivity (Wildman–Crippen MR) is 147 cm³/mol. The van der Waals surface area contributed by atoms with Crippen molar-refractivity contribution in [1.29, 1.82) is 0 Å². The molecule has 0 amide bonds. The summed E-state index contributed by atoms with van der Waals surface area (Å²) in [7, 11) is 0. The molecule has 1 rings (SSSR count). The summed E-state index contributed by atoms with van der Waals surface area (Å²) in [6, 6.07) is 3.34. The molecule has 0 spiro atoms. The van der Waals surface area contributed by atoms with Crippen LogP contribution in [0.25, 0.3) is 0 Å². The lowest BCUT2D eigenvalue weighted by atomic mass is 10.1. The van der Waals surface area contributed by atoms with E-state index in [1.54, 1.807) is 33.8 Å². The number of nitrogens with two attached hydrogens (primary N) is 1. The topological polar surface area (TPSA) is 150 Å². The zero-order valence-corrected chi connectivity index (χ0v) is 24.7. The smallest absolute Gasteiger partial charge is 0.461 e. The van der Waals surface area contributed by atoms with Gasteiger partial charge in [-0.25, -0.2) is 9.59 Å². The predicted octanol–water partition coefficient (Wildman–Crippen LogP) is 5.49. The molecule has 0 saturated heterocycles. The zero-order chi connectivity index (χ0) is 30.2. The fraction of sp³-hybridized carbons (Fsp3) is 0.655. The van der Waals surface area contributed by atoms with E-state index in [1.807, 2.05) is 20.8 Å². The summed E-state index contributed by atoms with van der Waals surface area (Å²) in [5, 5.41) is 0. The maximum Gasteiger partial charge on any atom is 0.514 e. The largest absolute Gasteiger partial charge is 0.514 e. The highest BCUT2D eigenvalue weighted by atomic mass is 16.7. The molecule has 5 atom stereocenters. The molecule has 0 aromatic heterocycles. The van der Waals surface area contributed by atoms with Crippen LogP contribution in [0.4, 0.5) is 9.59 Å². The normalized spacial score (nSPS) is 14.6. The van der Waals surface area contributed by atoms with Gasteiger partial charge < -0.3 is 34.2 Å². The maximum atomic E-state index is 12.5. The van der Waals surface area contributed by atoms with Gasteiger partial charge in [-0.3, -0.25) is 9.59 Å². The monoisotopic (exact) mass is 567 g/mol. The Kier molecular flexibility index (Phi) is 15.7. The van der Waals surface area contributed by atoms with Gasteiger partial charge in [0.1, 0.15) is 31.0 Å². The van der Waals surface area contributed by atoms with Crippen LogP contribution in [0.3, 0.4) is 0 Å². The summed E-state index contributed by atoms with van der Waals surface area (Å²) in [4.78, 5) is 49.0. The molecule has 226 valence electrons. The SMILES string of the molecule is CCCC(C)OC(=O)Oc1ccc(C[C@H](N)C(=O)OC[C@H](C)OC(=O)C(C)CC)cc1OC(=O)OC(C)CCC. The molecule has 0 aliphatic heterocycles. The number of carbonyl (C=O) groups excluding carboxylic acids is 4. The number of rotatable bonds is 16. The second kappa shape index (κ2) is 18.1. The molecule has 11 heteroatoms. The van der Waals surface area contributed by atoms with Crippen LogP contribution >= 0.6 is 0 Å². The Labute approximate surface area is 236 Å². The molecule has 0 heterocycles. The Morgan fingerprint density at radius 2 is 1.30 bits per heavy atom. The van der Waals surface area contributed by atoms with Gasteiger partial charge in [0.2, 0.25) is 0 Å². The number of hydrogen-bond acceptors (Lipinski definition) is 11. The van der Waals surface area contributed by atoms with Crippen LogP contribution in [0, 0.1) is 5.92 Å². The molecule has 0 aliphatic rings. The van der Waals surface area contributed by atoms with E-state index in [0.29, 0.717) is 24.8 Å². The second-order valence-corrected chi connectivity index (χ2v) is 9.92. The zero-order valence-electron chi connectivity index (χ0n) is 24.7. The molecule has 0 fully saturated rings. The standard InChI is InChI=1S/C29H45NO10/c1-8-11-19(5)37-28(33)39-24-14-13-22(16-25(24)40-29(34)38-20(6)12-9-2)15-23(30)27(32)35-17-21(7)36-26(31)18(4)10-3/h13-14,16,18-21,23H,8-12,15,17,30H2,1-7H3/t18?,19?,20?,21-,23-/m0/s1. The number of esters is 2. The average Bonchev–Trinajstić information content (AvgIpc) is 2.88. The fourth-order valence-electron chi connectivity index (χ4n) is 3.49. The van der Waals surface area contributed by atoms with E-state index >= 15 is 0 Å². The Balaban J connectivity index is 2.92. The summed E-state index contributed by atoms with van der Waals surface area (Å²) in [5.74, 6) is -1.48. The van der Waals surface area contributed by atoms with Crippen LogP contribution in [0.1, 0.15) is 86.1 Å². The lowest BCUT2D eigenvalue weighted by Crippen LogP contribution is -2.36. The molecule has 3 unspecified atom stereocenters. The van der Waals surface area contributed by atoms with Gasteiger partial charge in [-0.1, -0.05) is 46.6 Å².